The van der Waals surface area contributed by atoms with Crippen LogP contribution in [-0.4, -0.2) is 5.11 Å². The van der Waals surface area contributed by atoms with E-state index in [1.165, 1.54) is 5.56 Å². The van der Waals surface area contributed by atoms with Crippen molar-refractivity contribution in [2.75, 3.05) is 5.32 Å². The Morgan fingerprint density at radius 1 is 1.10 bits per heavy atom. The van der Waals surface area contributed by atoms with Crippen molar-refractivity contribution >= 4 is 46.2 Å². The van der Waals surface area contributed by atoms with Gasteiger partial charge in [-0.2, -0.15) is 0 Å². The van der Waals surface area contributed by atoms with Gasteiger partial charge in [0.1, 0.15) is 0 Å². The molecule has 2 N–H and O–H groups in total. The fourth-order valence-corrected chi connectivity index (χ4v) is 2.80. The smallest absolute Gasteiger partial charge is 0.171 e. The minimum atomic E-state index is -0.0137. The minimum Gasteiger partial charge on any atom is -0.356 e. The molecule has 2 aromatic carbocycles. The molecule has 0 heterocycles. The maximum atomic E-state index is 6.20. The van der Waals surface area contributed by atoms with Gasteiger partial charge in [-0.25, -0.2) is 0 Å². The van der Waals surface area contributed by atoms with Crippen molar-refractivity contribution < 1.29 is 0 Å². The summed E-state index contributed by atoms with van der Waals surface area (Å²) >= 11 is 17.4. The summed E-state index contributed by atoms with van der Waals surface area (Å²) in [5, 5.41) is 8.16. The number of hydrogen-bond acceptors (Lipinski definition) is 1. The monoisotopic (exact) mass is 338 g/mol. The number of halogens is 2. The van der Waals surface area contributed by atoms with Crippen LogP contribution in [0.5, 0.6) is 0 Å². The highest BCUT2D eigenvalue weighted by Crippen LogP contribution is 2.26. The Bertz CT molecular complexity index is 641. The molecule has 2 nitrogen and oxygen atoms in total. The predicted octanol–water partition coefficient (Wildman–Crippen LogP) is 5.35. The average molecular weight is 339 g/mol. The molecule has 0 aliphatic heterocycles. The number of benzene rings is 2. The largest absolute Gasteiger partial charge is 0.356 e. The third-order valence-corrected chi connectivity index (χ3v) is 3.87. The second-order valence-electron chi connectivity index (χ2n) is 4.85. The lowest BCUT2D eigenvalue weighted by Crippen LogP contribution is -2.31. The van der Waals surface area contributed by atoms with E-state index in [2.05, 4.69) is 10.6 Å². The molecule has 1 atom stereocenters. The molecule has 0 spiro atoms. The van der Waals surface area contributed by atoms with Crippen LogP contribution in [0, 0.1) is 6.92 Å². The Labute approximate surface area is 140 Å². The van der Waals surface area contributed by atoms with Crippen LogP contribution in [0.25, 0.3) is 0 Å². The molecule has 0 fully saturated rings. The third kappa shape index (κ3) is 4.60. The van der Waals surface area contributed by atoms with Crippen molar-refractivity contribution in [1.82, 2.24) is 5.32 Å². The summed E-state index contributed by atoms with van der Waals surface area (Å²) in [4.78, 5) is 0. The van der Waals surface area contributed by atoms with Gasteiger partial charge in [0.15, 0.2) is 5.11 Å². The van der Waals surface area contributed by atoms with Crippen molar-refractivity contribution in [2.45, 2.75) is 19.9 Å². The van der Waals surface area contributed by atoms with Gasteiger partial charge in [-0.1, -0.05) is 47.0 Å². The van der Waals surface area contributed by atoms with E-state index in [0.717, 1.165) is 11.3 Å². The van der Waals surface area contributed by atoms with Crippen molar-refractivity contribution in [2.24, 2.45) is 0 Å². The first kappa shape index (κ1) is 16.1. The zero-order valence-corrected chi connectivity index (χ0v) is 14.1. The Morgan fingerprint density at radius 2 is 1.76 bits per heavy atom. The van der Waals surface area contributed by atoms with E-state index in [1.54, 1.807) is 6.07 Å². The zero-order valence-electron chi connectivity index (χ0n) is 11.8. The van der Waals surface area contributed by atoms with Crippen LogP contribution in [0.15, 0.2) is 42.5 Å². The van der Waals surface area contributed by atoms with E-state index in [0.29, 0.717) is 15.2 Å². The van der Waals surface area contributed by atoms with E-state index < -0.39 is 0 Å². The summed E-state index contributed by atoms with van der Waals surface area (Å²) in [6, 6.07) is 13.5. The third-order valence-electron chi connectivity index (χ3n) is 3.09. The minimum absolute atomic E-state index is 0.0137. The SMILES string of the molecule is Cc1ccc(NC(=S)N[C@H](C)c2ccc(Cl)cc2Cl)cc1. The number of nitrogens with one attached hydrogen (secondary N) is 2. The molecule has 2 rings (SSSR count). The van der Waals surface area contributed by atoms with Gasteiger partial charge in [0.25, 0.3) is 0 Å². The lowest BCUT2D eigenvalue weighted by atomic mass is 10.1. The summed E-state index contributed by atoms with van der Waals surface area (Å²) in [5.74, 6) is 0. The summed E-state index contributed by atoms with van der Waals surface area (Å²) in [6.07, 6.45) is 0. The van der Waals surface area contributed by atoms with E-state index in [4.69, 9.17) is 35.4 Å². The highest BCUT2D eigenvalue weighted by molar-refractivity contribution is 7.80. The van der Waals surface area contributed by atoms with Gasteiger partial charge in [-0.3, -0.25) is 0 Å². The molecule has 0 unspecified atom stereocenters. The number of rotatable bonds is 3. The standard InChI is InChI=1S/C16H16Cl2N2S/c1-10-3-6-13(7-4-10)20-16(21)19-11(2)14-8-5-12(17)9-15(14)18/h3-9,11H,1-2H3,(H2,19,20,21)/t11-/m1/s1. The molecule has 5 heteroatoms. The Balaban J connectivity index is 2.00. The van der Waals surface area contributed by atoms with Crippen molar-refractivity contribution in [3.05, 3.63) is 63.6 Å². The van der Waals surface area contributed by atoms with Gasteiger partial charge in [0.05, 0.1) is 6.04 Å². The summed E-state index contributed by atoms with van der Waals surface area (Å²) in [5.41, 5.74) is 3.11. The summed E-state index contributed by atoms with van der Waals surface area (Å²) < 4.78 is 0. The van der Waals surface area contributed by atoms with E-state index in [9.17, 15) is 0 Å². The second-order valence-corrected chi connectivity index (χ2v) is 6.10. The predicted molar refractivity (Wildman–Crippen MR) is 95.4 cm³/mol. The highest BCUT2D eigenvalue weighted by atomic mass is 35.5. The van der Waals surface area contributed by atoms with Gasteiger partial charge >= 0.3 is 0 Å². The quantitative estimate of drug-likeness (QED) is 0.737. The first-order valence-electron chi connectivity index (χ1n) is 6.55. The molecule has 0 radical (unpaired) electrons. The van der Waals surface area contributed by atoms with Crippen LogP contribution in [0.1, 0.15) is 24.1 Å². The van der Waals surface area contributed by atoms with Crippen molar-refractivity contribution in [1.29, 1.82) is 0 Å². The highest BCUT2D eigenvalue weighted by Gasteiger charge is 2.11. The first-order valence-corrected chi connectivity index (χ1v) is 7.71. The average Bonchev–Trinajstić information content (AvgIpc) is 2.41. The molecule has 0 bridgehead atoms. The van der Waals surface area contributed by atoms with Crippen molar-refractivity contribution in [3.8, 4) is 0 Å². The molecule has 21 heavy (non-hydrogen) atoms. The molecule has 0 aliphatic rings. The van der Waals surface area contributed by atoms with Gasteiger partial charge in [0.2, 0.25) is 0 Å². The van der Waals surface area contributed by atoms with Gasteiger partial charge in [-0.05, 0) is 55.9 Å². The van der Waals surface area contributed by atoms with Gasteiger partial charge < -0.3 is 10.6 Å². The maximum absolute atomic E-state index is 6.20. The molecule has 0 amide bonds. The van der Waals surface area contributed by atoms with E-state index in [1.807, 2.05) is 50.2 Å². The van der Waals surface area contributed by atoms with Crippen molar-refractivity contribution in [3.63, 3.8) is 0 Å². The van der Waals surface area contributed by atoms with Crippen LogP contribution in [0.2, 0.25) is 10.0 Å². The number of aryl methyl sites for hydroxylation is 1. The fourth-order valence-electron chi connectivity index (χ4n) is 1.93. The summed E-state index contributed by atoms with van der Waals surface area (Å²) in [7, 11) is 0. The maximum Gasteiger partial charge on any atom is 0.171 e. The Morgan fingerprint density at radius 3 is 2.38 bits per heavy atom. The lowest BCUT2D eigenvalue weighted by molar-refractivity contribution is 0.723. The molecule has 2 aromatic rings. The van der Waals surface area contributed by atoms with E-state index >= 15 is 0 Å². The normalized spacial score (nSPS) is 11.8. The van der Waals surface area contributed by atoms with Crippen LogP contribution < -0.4 is 10.6 Å². The molecular weight excluding hydrogens is 323 g/mol. The molecule has 0 saturated heterocycles. The molecule has 0 aliphatic carbocycles. The van der Waals surface area contributed by atoms with Gasteiger partial charge in [-0.15, -0.1) is 0 Å². The van der Waals surface area contributed by atoms with Crippen LogP contribution in [-0.2, 0) is 0 Å². The van der Waals surface area contributed by atoms with Crippen LogP contribution >= 0.6 is 35.4 Å². The van der Waals surface area contributed by atoms with Crippen LogP contribution in [0.4, 0.5) is 5.69 Å². The lowest BCUT2D eigenvalue weighted by Gasteiger charge is -2.18. The molecule has 0 aromatic heterocycles. The van der Waals surface area contributed by atoms with Gasteiger partial charge in [0, 0.05) is 15.7 Å². The zero-order chi connectivity index (χ0) is 15.4. The molecular formula is C16H16Cl2N2S. The Hall–Kier alpha value is -1.29. The summed E-state index contributed by atoms with van der Waals surface area (Å²) in [6.45, 7) is 4.04. The Kier molecular flexibility index (Phi) is 5.45. The molecule has 0 saturated carbocycles. The topological polar surface area (TPSA) is 24.1 Å². The molecule has 110 valence electrons. The van der Waals surface area contributed by atoms with E-state index in [-0.39, 0.29) is 6.04 Å². The first-order chi connectivity index (χ1) is 9.95. The number of thiocarbonyl (C=S) groups is 1. The number of anilines is 1. The number of hydrogen-bond donors (Lipinski definition) is 2. The fraction of sp³-hybridized carbons (Fsp3) is 0.188. The second kappa shape index (κ2) is 7.12. The van der Waals surface area contributed by atoms with Crippen LogP contribution in [0.3, 0.4) is 0 Å².